The fourth-order valence-corrected chi connectivity index (χ4v) is 3.52. The Balaban J connectivity index is 1.68. The first-order chi connectivity index (χ1) is 14.2. The van der Waals surface area contributed by atoms with Crippen molar-refractivity contribution in [3.05, 3.63) is 70.0 Å². The summed E-state index contributed by atoms with van der Waals surface area (Å²) < 4.78 is 28.0. The Hall–Kier alpha value is -3.89. The maximum atomic E-state index is 13.6. The first kappa shape index (κ1) is 19.4. The molecule has 1 fully saturated rings. The molecule has 0 saturated carbocycles. The van der Waals surface area contributed by atoms with Crippen molar-refractivity contribution in [2.75, 3.05) is 0 Å². The van der Waals surface area contributed by atoms with Crippen molar-refractivity contribution in [3.63, 3.8) is 0 Å². The average Bonchev–Trinajstić information content (AvgIpc) is 3.19. The lowest BCUT2D eigenvalue weighted by molar-refractivity contribution is -0.384. The standard InChI is InChI=1S/C19H15F2N5O4/c1-19(11-6-8-12(9-7-11)26(29)30)16(27)24(18(28)23-19)10-15-22-13-4-2-3-5-14(13)25(15)17(20)21/h2-9,17H,10H2,1H3,(H,23,28). The van der Waals surface area contributed by atoms with Crippen molar-refractivity contribution in [2.45, 2.75) is 25.6 Å². The molecule has 154 valence electrons. The Morgan fingerprint density at radius 1 is 1.17 bits per heavy atom. The highest BCUT2D eigenvalue weighted by Gasteiger charge is 2.49. The van der Waals surface area contributed by atoms with Crippen molar-refractivity contribution >= 4 is 28.7 Å². The Bertz CT molecular complexity index is 1180. The summed E-state index contributed by atoms with van der Waals surface area (Å²) in [6, 6.07) is 10.7. The van der Waals surface area contributed by atoms with Gasteiger partial charge < -0.3 is 5.32 Å². The number of rotatable bonds is 5. The predicted octanol–water partition coefficient (Wildman–Crippen LogP) is 3.31. The lowest BCUT2D eigenvalue weighted by Gasteiger charge is -2.22. The van der Waals surface area contributed by atoms with Crippen LogP contribution in [0.1, 0.15) is 24.9 Å². The number of benzene rings is 2. The van der Waals surface area contributed by atoms with Gasteiger partial charge in [0, 0.05) is 12.1 Å². The van der Waals surface area contributed by atoms with Crippen LogP contribution in [0.3, 0.4) is 0 Å². The monoisotopic (exact) mass is 415 g/mol. The van der Waals surface area contributed by atoms with Crippen molar-refractivity contribution < 1.29 is 23.3 Å². The molecule has 0 bridgehead atoms. The van der Waals surface area contributed by atoms with E-state index in [0.717, 1.165) is 4.90 Å². The van der Waals surface area contributed by atoms with Crippen molar-refractivity contribution in [2.24, 2.45) is 0 Å². The second kappa shape index (κ2) is 6.87. The van der Waals surface area contributed by atoms with Crippen molar-refractivity contribution in [1.29, 1.82) is 0 Å². The van der Waals surface area contributed by atoms with Crippen molar-refractivity contribution in [3.8, 4) is 0 Å². The van der Waals surface area contributed by atoms with Gasteiger partial charge in [0.25, 0.3) is 11.6 Å². The summed E-state index contributed by atoms with van der Waals surface area (Å²) in [5, 5.41) is 13.4. The minimum atomic E-state index is -2.91. The number of halogens is 2. The number of para-hydroxylation sites is 2. The first-order valence-electron chi connectivity index (χ1n) is 8.85. The first-order valence-corrected chi connectivity index (χ1v) is 8.85. The van der Waals surface area contributed by atoms with Gasteiger partial charge in [0.2, 0.25) is 0 Å². The van der Waals surface area contributed by atoms with E-state index in [4.69, 9.17) is 0 Å². The smallest absolute Gasteiger partial charge is 0.319 e. The SMILES string of the molecule is CC1(c2ccc([N+](=O)[O-])cc2)NC(=O)N(Cc2nc3ccccc3n2C(F)F)C1=O. The molecule has 1 aromatic heterocycles. The number of fused-ring (bicyclic) bond motifs is 1. The molecule has 2 heterocycles. The lowest BCUT2D eigenvalue weighted by Crippen LogP contribution is -2.40. The van der Waals surface area contributed by atoms with Crippen LogP contribution >= 0.6 is 0 Å². The Labute approximate surface area is 168 Å². The third kappa shape index (κ3) is 2.95. The second-order valence-corrected chi connectivity index (χ2v) is 6.91. The topological polar surface area (TPSA) is 110 Å². The molecule has 3 amide bonds. The van der Waals surface area contributed by atoms with Gasteiger partial charge in [0.05, 0.1) is 22.5 Å². The number of nitro benzene ring substituents is 1. The highest BCUT2D eigenvalue weighted by Crippen LogP contribution is 2.32. The van der Waals surface area contributed by atoms with Gasteiger partial charge in [0.1, 0.15) is 11.4 Å². The molecular formula is C19H15F2N5O4. The van der Waals surface area contributed by atoms with E-state index in [2.05, 4.69) is 10.3 Å². The molecule has 1 unspecified atom stereocenters. The normalized spacial score (nSPS) is 19.0. The Kier molecular flexibility index (Phi) is 4.45. The highest BCUT2D eigenvalue weighted by molar-refractivity contribution is 6.07. The zero-order valence-electron chi connectivity index (χ0n) is 15.6. The number of nitro groups is 1. The summed E-state index contributed by atoms with van der Waals surface area (Å²) in [7, 11) is 0. The molecule has 4 rings (SSSR count). The van der Waals surface area contributed by atoms with Gasteiger partial charge in [-0.2, -0.15) is 8.78 Å². The molecule has 11 heteroatoms. The molecule has 9 nitrogen and oxygen atoms in total. The summed E-state index contributed by atoms with van der Waals surface area (Å²) in [4.78, 5) is 40.8. The molecule has 30 heavy (non-hydrogen) atoms. The number of nitrogens with zero attached hydrogens (tertiary/aromatic N) is 4. The molecule has 0 aliphatic carbocycles. The summed E-state index contributed by atoms with van der Waals surface area (Å²) in [5.74, 6) is -0.808. The average molecular weight is 415 g/mol. The van der Waals surface area contributed by atoms with E-state index >= 15 is 0 Å². The summed E-state index contributed by atoms with van der Waals surface area (Å²) in [6.45, 7) is -1.91. The number of carbonyl (C=O) groups is 2. The molecule has 1 atom stereocenters. The van der Waals surface area contributed by atoms with Crippen LogP contribution in [0.4, 0.5) is 19.3 Å². The van der Waals surface area contributed by atoms with E-state index in [1.54, 1.807) is 18.2 Å². The molecule has 3 aromatic rings. The lowest BCUT2D eigenvalue weighted by atomic mass is 9.92. The van der Waals surface area contributed by atoms with Crippen LogP contribution < -0.4 is 5.32 Å². The van der Waals surface area contributed by atoms with Crippen LogP contribution in [0.2, 0.25) is 0 Å². The zero-order chi connectivity index (χ0) is 21.6. The van der Waals surface area contributed by atoms with E-state index in [0.29, 0.717) is 15.6 Å². The van der Waals surface area contributed by atoms with Gasteiger partial charge in [-0.25, -0.2) is 9.78 Å². The van der Waals surface area contributed by atoms with Crippen LogP contribution in [0.25, 0.3) is 11.0 Å². The molecule has 2 aromatic carbocycles. The van der Waals surface area contributed by atoms with Gasteiger partial charge in [-0.15, -0.1) is 0 Å². The number of imidazole rings is 1. The molecule has 0 radical (unpaired) electrons. The maximum Gasteiger partial charge on any atom is 0.325 e. The number of non-ortho nitro benzene ring substituents is 1. The number of urea groups is 1. The van der Waals surface area contributed by atoms with E-state index in [-0.39, 0.29) is 17.0 Å². The summed E-state index contributed by atoms with van der Waals surface area (Å²) in [6.07, 6.45) is 0. The van der Waals surface area contributed by atoms with Crippen LogP contribution in [0, 0.1) is 10.1 Å². The number of hydrogen-bond donors (Lipinski definition) is 1. The van der Waals surface area contributed by atoms with Crippen LogP contribution in [-0.4, -0.2) is 31.3 Å². The van der Waals surface area contributed by atoms with Crippen molar-refractivity contribution in [1.82, 2.24) is 19.8 Å². The van der Waals surface area contributed by atoms with Gasteiger partial charge >= 0.3 is 12.6 Å². The van der Waals surface area contributed by atoms with Crippen LogP contribution in [0.15, 0.2) is 48.5 Å². The molecule has 1 saturated heterocycles. The summed E-state index contributed by atoms with van der Waals surface area (Å²) in [5.41, 5.74) is -0.822. The molecule has 1 aliphatic rings. The Morgan fingerprint density at radius 3 is 2.47 bits per heavy atom. The Morgan fingerprint density at radius 2 is 1.83 bits per heavy atom. The van der Waals surface area contributed by atoms with E-state index in [1.807, 2.05) is 0 Å². The highest BCUT2D eigenvalue weighted by atomic mass is 19.3. The second-order valence-electron chi connectivity index (χ2n) is 6.91. The number of imide groups is 1. The number of hydrogen-bond acceptors (Lipinski definition) is 5. The van der Waals surface area contributed by atoms with Gasteiger partial charge in [-0.1, -0.05) is 12.1 Å². The largest absolute Gasteiger partial charge is 0.325 e. The maximum absolute atomic E-state index is 13.6. The molecule has 0 spiro atoms. The van der Waals surface area contributed by atoms with Gasteiger partial charge in [-0.3, -0.25) is 24.4 Å². The van der Waals surface area contributed by atoms with Gasteiger partial charge in [0.15, 0.2) is 0 Å². The summed E-state index contributed by atoms with van der Waals surface area (Å²) >= 11 is 0. The zero-order valence-corrected chi connectivity index (χ0v) is 15.6. The molecular weight excluding hydrogens is 400 g/mol. The minimum Gasteiger partial charge on any atom is -0.319 e. The molecule has 1 aliphatic heterocycles. The third-order valence-electron chi connectivity index (χ3n) is 5.09. The van der Waals surface area contributed by atoms with Gasteiger partial charge in [-0.05, 0) is 36.8 Å². The fraction of sp³-hybridized carbons (Fsp3) is 0.211. The molecule has 1 N–H and O–H groups in total. The van der Waals surface area contributed by atoms with E-state index < -0.39 is 35.5 Å². The fourth-order valence-electron chi connectivity index (χ4n) is 3.52. The van der Waals surface area contributed by atoms with Crippen LogP contribution in [0.5, 0.6) is 0 Å². The van der Waals surface area contributed by atoms with E-state index in [1.165, 1.54) is 37.3 Å². The minimum absolute atomic E-state index is 0.136. The third-order valence-corrected chi connectivity index (χ3v) is 5.09. The number of alkyl halides is 2. The quantitative estimate of drug-likeness (QED) is 0.391. The number of carbonyl (C=O) groups excluding carboxylic acids is 2. The van der Waals surface area contributed by atoms with Crippen LogP contribution in [-0.2, 0) is 16.9 Å². The number of aromatic nitrogens is 2. The number of amides is 3. The number of nitrogens with one attached hydrogen (secondary N) is 1. The predicted molar refractivity (Wildman–Crippen MR) is 101 cm³/mol. The van der Waals surface area contributed by atoms with E-state index in [9.17, 15) is 28.5 Å².